The van der Waals surface area contributed by atoms with Gasteiger partial charge in [-0.05, 0) is 0 Å². The largest absolute Gasteiger partial charge is 0.619 e. The Hall–Kier alpha value is -2.12. The fourth-order valence-corrected chi connectivity index (χ4v) is 1.09. The van der Waals surface area contributed by atoms with Crippen LogP contribution in [0.5, 0.6) is 0 Å². The van der Waals surface area contributed by atoms with E-state index in [2.05, 4.69) is 0 Å². The maximum absolute atomic E-state index is 12.0. The van der Waals surface area contributed by atoms with Crippen LogP contribution in [0.4, 0.5) is 0 Å². The molecule has 144 valence electrons. The second-order valence-corrected chi connectivity index (χ2v) is 6.80. The number of carbonyl (C=O) groups is 4. The lowest BCUT2D eigenvalue weighted by molar-refractivity contribution is -0.435. The molecular weight excluding hydrogens is 332 g/mol. The van der Waals surface area contributed by atoms with E-state index >= 15 is 0 Å². The number of rotatable bonds is 8. The summed E-state index contributed by atoms with van der Waals surface area (Å²) in [6.45, 7) is 12.2. The van der Waals surface area contributed by atoms with E-state index in [1.54, 1.807) is 0 Å². The minimum absolute atomic E-state index is 0.646. The van der Waals surface area contributed by atoms with Crippen molar-refractivity contribution in [2.75, 3.05) is 0 Å². The van der Waals surface area contributed by atoms with Gasteiger partial charge in [0, 0.05) is 0 Å². The molecule has 0 aliphatic carbocycles. The summed E-state index contributed by atoms with van der Waals surface area (Å²) < 4.78 is 20.0. The number of carbonyl (C=O) groups excluding carboxylic acids is 4. The van der Waals surface area contributed by atoms with Gasteiger partial charge in [-0.25, -0.2) is 0 Å². The molecule has 0 saturated heterocycles. The van der Waals surface area contributed by atoms with E-state index in [1.807, 2.05) is 0 Å². The van der Waals surface area contributed by atoms with Crippen molar-refractivity contribution in [3.8, 4) is 0 Å². The third kappa shape index (κ3) is 7.53. The van der Waals surface area contributed by atoms with Crippen molar-refractivity contribution in [3.63, 3.8) is 0 Å². The number of hydrogen-bond acceptors (Lipinski definition) is 8. The van der Waals surface area contributed by atoms with Crippen LogP contribution < -0.4 is 0 Å². The fraction of sp³-hybridized carbons (Fsp3) is 0.765. The van der Waals surface area contributed by atoms with Gasteiger partial charge in [0.1, 0.15) is 0 Å². The van der Waals surface area contributed by atoms with E-state index < -0.39 is 53.7 Å². The minimum Gasteiger partial charge on any atom is -0.352 e. The first kappa shape index (κ1) is 22.9. The second kappa shape index (κ2) is 9.39. The molecule has 0 amide bonds. The van der Waals surface area contributed by atoms with Crippen LogP contribution in [0.1, 0.15) is 55.4 Å². The third-order valence-electron chi connectivity index (χ3n) is 2.79. The summed E-state index contributed by atoms with van der Waals surface area (Å²) in [6, 6.07) is 0. The van der Waals surface area contributed by atoms with Gasteiger partial charge in [0.2, 0.25) is 0 Å². The maximum Gasteiger partial charge on any atom is 0.619 e. The standard InChI is InChI=1S/C17H28O8/c1-9(2)13(18)22-17(23-14(19)10(3)4,24-15(20)11(5)6)25-16(21)12(7)8/h9-12H,1-8H3. The minimum atomic E-state index is -2.88. The van der Waals surface area contributed by atoms with Crippen molar-refractivity contribution in [3.05, 3.63) is 0 Å². The quantitative estimate of drug-likeness (QED) is 0.480. The van der Waals surface area contributed by atoms with Crippen molar-refractivity contribution in [1.82, 2.24) is 0 Å². The van der Waals surface area contributed by atoms with Crippen molar-refractivity contribution >= 4 is 23.9 Å². The van der Waals surface area contributed by atoms with Gasteiger partial charge in [-0.15, -0.1) is 0 Å². The SMILES string of the molecule is CC(C)C(=O)OC(OC(=O)C(C)C)(OC(=O)C(C)C)OC(=O)C(C)C. The van der Waals surface area contributed by atoms with Crippen LogP contribution >= 0.6 is 0 Å². The summed E-state index contributed by atoms with van der Waals surface area (Å²) in [5.74, 6) is -6.07. The zero-order chi connectivity index (χ0) is 19.9. The van der Waals surface area contributed by atoms with Gasteiger partial charge in [0.25, 0.3) is 0 Å². The molecule has 0 rings (SSSR count). The molecule has 0 radical (unpaired) electrons. The summed E-state index contributed by atoms with van der Waals surface area (Å²) in [6.07, 6.45) is -2.88. The Morgan fingerprint density at radius 3 is 0.760 bits per heavy atom. The molecule has 8 nitrogen and oxygen atoms in total. The molecule has 0 aliphatic heterocycles. The Morgan fingerprint density at radius 1 is 0.480 bits per heavy atom. The Kier molecular flexibility index (Phi) is 8.59. The van der Waals surface area contributed by atoms with Crippen LogP contribution in [-0.4, -0.2) is 30.0 Å². The monoisotopic (exact) mass is 360 g/mol. The highest BCUT2D eigenvalue weighted by molar-refractivity contribution is 5.77. The van der Waals surface area contributed by atoms with Gasteiger partial charge >= 0.3 is 30.0 Å². The molecule has 0 N–H and O–H groups in total. The lowest BCUT2D eigenvalue weighted by Crippen LogP contribution is -2.50. The average molecular weight is 360 g/mol. The average Bonchev–Trinajstić information content (AvgIpc) is 2.46. The van der Waals surface area contributed by atoms with Gasteiger partial charge in [-0.1, -0.05) is 55.4 Å². The van der Waals surface area contributed by atoms with Crippen LogP contribution in [0.3, 0.4) is 0 Å². The molecule has 0 spiro atoms. The zero-order valence-corrected chi connectivity index (χ0v) is 16.1. The molecule has 0 fully saturated rings. The molecule has 0 aromatic carbocycles. The molecule has 0 atom stereocenters. The summed E-state index contributed by atoms with van der Waals surface area (Å²) in [7, 11) is 0. The number of esters is 4. The van der Waals surface area contributed by atoms with Gasteiger partial charge in [0.05, 0.1) is 23.7 Å². The van der Waals surface area contributed by atoms with Gasteiger partial charge in [-0.3, -0.25) is 19.2 Å². The predicted octanol–water partition coefficient (Wildman–Crippen LogP) is 2.39. The van der Waals surface area contributed by atoms with Crippen molar-refractivity contribution in [1.29, 1.82) is 0 Å². The molecule has 0 aromatic heterocycles. The Bertz CT molecular complexity index is 411. The van der Waals surface area contributed by atoms with E-state index in [0.717, 1.165) is 0 Å². The van der Waals surface area contributed by atoms with E-state index in [1.165, 1.54) is 55.4 Å². The molecule has 0 unspecified atom stereocenters. The highest BCUT2D eigenvalue weighted by atomic mass is 17.0. The number of hydrogen-bond donors (Lipinski definition) is 0. The van der Waals surface area contributed by atoms with Gasteiger partial charge in [-0.2, -0.15) is 0 Å². The van der Waals surface area contributed by atoms with Gasteiger partial charge in [0.15, 0.2) is 0 Å². The first-order chi connectivity index (χ1) is 11.3. The zero-order valence-electron chi connectivity index (χ0n) is 16.1. The molecule has 0 aromatic rings. The molecule has 0 heterocycles. The lowest BCUT2D eigenvalue weighted by atomic mass is 10.2. The first-order valence-electron chi connectivity index (χ1n) is 8.22. The van der Waals surface area contributed by atoms with Crippen LogP contribution in [0.15, 0.2) is 0 Å². The Morgan fingerprint density at radius 2 is 0.640 bits per heavy atom. The first-order valence-corrected chi connectivity index (χ1v) is 8.22. The van der Waals surface area contributed by atoms with E-state index in [0.29, 0.717) is 0 Å². The highest BCUT2D eigenvalue weighted by Crippen LogP contribution is 2.25. The van der Waals surface area contributed by atoms with Crippen LogP contribution in [0, 0.1) is 23.7 Å². The van der Waals surface area contributed by atoms with E-state index in [4.69, 9.17) is 18.9 Å². The van der Waals surface area contributed by atoms with Crippen molar-refractivity contribution in [2.45, 2.75) is 61.5 Å². The topological polar surface area (TPSA) is 105 Å². The molecule has 8 heteroatoms. The van der Waals surface area contributed by atoms with Gasteiger partial charge < -0.3 is 18.9 Å². The van der Waals surface area contributed by atoms with Crippen LogP contribution in [-0.2, 0) is 38.1 Å². The van der Waals surface area contributed by atoms with E-state index in [-0.39, 0.29) is 0 Å². The smallest absolute Gasteiger partial charge is 0.352 e. The van der Waals surface area contributed by atoms with E-state index in [9.17, 15) is 19.2 Å². The summed E-state index contributed by atoms with van der Waals surface area (Å²) in [5.41, 5.74) is 0. The molecule has 0 aliphatic rings. The lowest BCUT2D eigenvalue weighted by Gasteiger charge is -2.31. The third-order valence-corrected chi connectivity index (χ3v) is 2.79. The molecule has 25 heavy (non-hydrogen) atoms. The maximum atomic E-state index is 12.0. The normalized spacial score (nSPS) is 11.7. The highest BCUT2D eigenvalue weighted by Gasteiger charge is 2.51. The molecule has 0 bridgehead atoms. The summed E-state index contributed by atoms with van der Waals surface area (Å²) >= 11 is 0. The molecular formula is C17H28O8. The van der Waals surface area contributed by atoms with Crippen LogP contribution in [0.2, 0.25) is 0 Å². The second-order valence-electron chi connectivity index (χ2n) is 6.80. The molecule has 0 saturated carbocycles. The predicted molar refractivity (Wildman–Crippen MR) is 86.5 cm³/mol. The van der Waals surface area contributed by atoms with Crippen LogP contribution in [0.25, 0.3) is 0 Å². The van der Waals surface area contributed by atoms with Crippen molar-refractivity contribution in [2.24, 2.45) is 23.7 Å². The van der Waals surface area contributed by atoms with Crippen molar-refractivity contribution < 1.29 is 38.1 Å². The summed E-state index contributed by atoms with van der Waals surface area (Å²) in [5, 5.41) is 0. The Labute approximate surface area is 148 Å². The fourth-order valence-electron chi connectivity index (χ4n) is 1.09. The Balaban J connectivity index is 5.89. The summed E-state index contributed by atoms with van der Waals surface area (Å²) in [4.78, 5) is 48.1. The number of ether oxygens (including phenoxy) is 4.